The minimum absolute atomic E-state index is 0.651. The first-order valence-corrected chi connectivity index (χ1v) is 6.54. The van der Waals surface area contributed by atoms with Crippen molar-refractivity contribution in [2.24, 2.45) is 0 Å². The zero-order valence-corrected chi connectivity index (χ0v) is 6.91. The molecule has 0 aromatic rings. The maximum absolute atomic E-state index is 2.44. The Morgan fingerprint density at radius 2 is 1.57 bits per heavy atom. The van der Waals surface area contributed by atoms with Crippen LogP contribution in [0.3, 0.4) is 0 Å². The summed E-state index contributed by atoms with van der Waals surface area (Å²) >= 11 is 2.44. The molecule has 0 rings (SSSR count). The Balaban J connectivity index is 3.36. The van der Waals surface area contributed by atoms with E-state index in [0.29, 0.717) is 0 Å². The van der Waals surface area contributed by atoms with Crippen LogP contribution >= 0.6 is 0 Å². The van der Waals surface area contributed by atoms with Crippen LogP contribution in [-0.2, 0) is 0 Å². The molecule has 0 atom stereocenters. The van der Waals surface area contributed by atoms with Crippen LogP contribution in [-0.4, -0.2) is 23.4 Å². The van der Waals surface area contributed by atoms with Crippen molar-refractivity contribution in [1.29, 1.82) is 0 Å². The molecule has 38 valence electrons. The van der Waals surface area contributed by atoms with Crippen LogP contribution < -0.4 is 0 Å². The van der Waals surface area contributed by atoms with Crippen molar-refractivity contribution in [2.45, 2.75) is 32.5 Å². The van der Waals surface area contributed by atoms with Crippen molar-refractivity contribution in [3.63, 3.8) is 0 Å². The van der Waals surface area contributed by atoms with Gasteiger partial charge in [0, 0.05) is 0 Å². The molecule has 0 nitrogen and oxygen atoms in total. The van der Waals surface area contributed by atoms with Gasteiger partial charge in [-0.05, 0) is 0 Å². The van der Waals surface area contributed by atoms with Gasteiger partial charge in [-0.25, -0.2) is 0 Å². The fourth-order valence-corrected chi connectivity index (χ4v) is 0.750. The third-order valence-electron chi connectivity index (χ3n) is 1.91. The first kappa shape index (κ1) is 7.81. The van der Waals surface area contributed by atoms with E-state index < -0.39 is 6.40 Å². The summed E-state index contributed by atoms with van der Waals surface area (Å²) in [6.45, 7) is 7.04. The van der Waals surface area contributed by atoms with Gasteiger partial charge >= 0.3 is 55.9 Å². The summed E-state index contributed by atoms with van der Waals surface area (Å²) in [5, 5.41) is 0. The Morgan fingerprint density at radius 3 is 1.57 bits per heavy atom. The molecule has 0 unspecified atom stereocenters. The van der Waals surface area contributed by atoms with E-state index in [1.54, 1.807) is 0 Å². The van der Waals surface area contributed by atoms with Gasteiger partial charge in [0.2, 0.25) is 0 Å². The first-order chi connectivity index (χ1) is 3.12. The third-order valence-corrected chi connectivity index (χ3v) is 5.74. The molecule has 0 amide bonds. The predicted molar refractivity (Wildman–Crippen MR) is 38.3 cm³/mol. The Bertz CT molecular complexity index is 46.0. The summed E-state index contributed by atoms with van der Waals surface area (Å²) < 4.78 is 0. The Labute approximate surface area is 56.2 Å². The van der Waals surface area contributed by atoms with Gasteiger partial charge in [0.25, 0.3) is 0 Å². The molecule has 0 aliphatic carbocycles. The van der Waals surface area contributed by atoms with Gasteiger partial charge in [0.1, 0.15) is 0 Å². The third kappa shape index (κ3) is 3.40. The minimum atomic E-state index is -0.651. The van der Waals surface area contributed by atoms with Crippen molar-refractivity contribution in [1.82, 2.24) is 0 Å². The average molecular weight is 108 g/mol. The second-order valence-electron chi connectivity index (χ2n) is 2.87. The van der Waals surface area contributed by atoms with E-state index in [1.165, 1.54) is 12.1 Å². The molecular formula is C5H13LiSi. The van der Waals surface area contributed by atoms with E-state index in [1.807, 2.05) is 0 Å². The second-order valence-corrected chi connectivity index (χ2v) is 8.61. The van der Waals surface area contributed by atoms with E-state index in [-0.39, 0.29) is 0 Å². The number of hydrogen-bond donors (Lipinski definition) is 0. The molecule has 0 heterocycles. The average Bonchev–Trinajstić information content (AvgIpc) is 1.68. The molecule has 0 aliphatic heterocycles. The normalized spacial score (nSPS) is 12.1. The standard InChI is InChI=1S/C5H13Si.Li/c1-4-6(3)5-2;/h4-5H2,1-3H3;. The van der Waals surface area contributed by atoms with Gasteiger partial charge < -0.3 is 0 Å². The molecule has 0 saturated carbocycles. The van der Waals surface area contributed by atoms with Gasteiger partial charge in [-0.2, -0.15) is 0 Å². The summed E-state index contributed by atoms with van der Waals surface area (Å²) in [7, 11) is 0. The van der Waals surface area contributed by atoms with Crippen LogP contribution in [0.4, 0.5) is 0 Å². The Hall–Kier alpha value is 0.814. The van der Waals surface area contributed by atoms with Gasteiger partial charge in [0.05, 0.1) is 0 Å². The quantitative estimate of drug-likeness (QED) is 0.473. The second kappa shape index (κ2) is 2.97. The SMILES string of the molecule is [Li][Si](C)(CC)CC. The molecule has 7 heavy (non-hydrogen) atoms. The fourth-order valence-electron chi connectivity index (χ4n) is 0.250. The molecule has 0 N–H and O–H groups in total. The monoisotopic (exact) mass is 108 g/mol. The van der Waals surface area contributed by atoms with Crippen LogP contribution in [0.1, 0.15) is 13.8 Å². The summed E-state index contributed by atoms with van der Waals surface area (Å²) in [6.07, 6.45) is -0.651. The zero-order chi connectivity index (χ0) is 5.91. The van der Waals surface area contributed by atoms with Crippen LogP contribution in [0.25, 0.3) is 0 Å². The molecule has 0 saturated heterocycles. The van der Waals surface area contributed by atoms with E-state index in [4.69, 9.17) is 0 Å². The summed E-state index contributed by atoms with van der Waals surface area (Å²) in [4.78, 5) is 0. The van der Waals surface area contributed by atoms with Gasteiger partial charge in [0.15, 0.2) is 0 Å². The molecule has 0 spiro atoms. The van der Waals surface area contributed by atoms with Crippen LogP contribution in [0.5, 0.6) is 0 Å². The van der Waals surface area contributed by atoms with E-state index in [2.05, 4.69) is 37.4 Å². The molecule has 0 fully saturated rings. The molecule has 0 radical (unpaired) electrons. The molecule has 2 heteroatoms. The van der Waals surface area contributed by atoms with Crippen LogP contribution in [0, 0.1) is 0 Å². The first-order valence-electron chi connectivity index (χ1n) is 3.12. The summed E-state index contributed by atoms with van der Waals surface area (Å²) in [5.74, 6) is 0. The Kier molecular flexibility index (Phi) is 3.31. The van der Waals surface area contributed by atoms with Gasteiger partial charge in [-0.1, -0.05) is 0 Å². The molecule has 0 bridgehead atoms. The van der Waals surface area contributed by atoms with Gasteiger partial charge in [-0.3, -0.25) is 0 Å². The van der Waals surface area contributed by atoms with E-state index >= 15 is 0 Å². The molecular weight excluding hydrogens is 95.1 g/mol. The molecule has 0 aromatic heterocycles. The predicted octanol–water partition coefficient (Wildman–Crippen LogP) is 1.77. The van der Waals surface area contributed by atoms with Crippen LogP contribution in [0.15, 0.2) is 0 Å². The maximum atomic E-state index is 2.44. The van der Waals surface area contributed by atoms with Gasteiger partial charge in [-0.15, -0.1) is 0 Å². The van der Waals surface area contributed by atoms with E-state index in [0.717, 1.165) is 0 Å². The van der Waals surface area contributed by atoms with Crippen molar-refractivity contribution in [2.75, 3.05) is 0 Å². The topological polar surface area (TPSA) is 0 Å². The van der Waals surface area contributed by atoms with Crippen molar-refractivity contribution in [3.05, 3.63) is 0 Å². The summed E-state index contributed by atoms with van der Waals surface area (Å²) in [5.41, 5.74) is 0. The van der Waals surface area contributed by atoms with Crippen molar-refractivity contribution in [3.8, 4) is 0 Å². The number of rotatable bonds is 2. The Morgan fingerprint density at radius 1 is 1.29 bits per heavy atom. The fraction of sp³-hybridized carbons (Fsp3) is 1.00. The van der Waals surface area contributed by atoms with Crippen molar-refractivity contribution >= 4 is 23.4 Å². The van der Waals surface area contributed by atoms with E-state index in [9.17, 15) is 0 Å². The van der Waals surface area contributed by atoms with Crippen LogP contribution in [0.2, 0.25) is 18.6 Å². The zero-order valence-electron chi connectivity index (χ0n) is 5.91. The van der Waals surface area contributed by atoms with Crippen molar-refractivity contribution < 1.29 is 0 Å². The molecule has 0 aromatic carbocycles. The summed E-state index contributed by atoms with van der Waals surface area (Å²) in [6, 6.07) is 2.87. The molecule has 0 aliphatic rings. The number of hydrogen-bond acceptors (Lipinski definition) is 0.